The Morgan fingerprint density at radius 2 is 1.09 bits per heavy atom. The largest absolute Gasteiger partial charge is 0.292 e. The van der Waals surface area contributed by atoms with E-state index in [9.17, 15) is 0 Å². The van der Waals surface area contributed by atoms with Crippen molar-refractivity contribution in [3.63, 3.8) is 0 Å². The van der Waals surface area contributed by atoms with Gasteiger partial charge in [-0.3, -0.25) is 21.3 Å². The highest BCUT2D eigenvalue weighted by Gasteiger charge is 2.20. The molecular formula is C6H14N4S. The quantitative estimate of drug-likeness (QED) is 0.418. The van der Waals surface area contributed by atoms with Crippen LogP contribution in [0.25, 0.3) is 0 Å². The SMILES string of the molecule is C1CNC(SC2NCCN2)N1. The Labute approximate surface area is 70.9 Å². The Morgan fingerprint density at radius 3 is 1.45 bits per heavy atom. The van der Waals surface area contributed by atoms with Crippen molar-refractivity contribution in [1.29, 1.82) is 0 Å². The molecule has 2 aliphatic rings. The minimum Gasteiger partial charge on any atom is -0.292 e. The molecule has 0 saturated carbocycles. The smallest absolute Gasteiger partial charge is 0.108 e. The molecule has 0 aromatic rings. The van der Waals surface area contributed by atoms with Crippen LogP contribution < -0.4 is 21.3 Å². The molecule has 64 valence electrons. The fourth-order valence-corrected chi connectivity index (χ4v) is 2.41. The second-order valence-electron chi connectivity index (χ2n) is 2.71. The van der Waals surface area contributed by atoms with Gasteiger partial charge in [-0.15, -0.1) is 0 Å². The lowest BCUT2D eigenvalue weighted by Crippen LogP contribution is -2.36. The van der Waals surface area contributed by atoms with Crippen LogP contribution in [0.1, 0.15) is 0 Å². The minimum absolute atomic E-state index is 0.429. The molecule has 2 aliphatic heterocycles. The molecule has 2 saturated heterocycles. The van der Waals surface area contributed by atoms with Crippen molar-refractivity contribution >= 4 is 11.8 Å². The summed E-state index contributed by atoms with van der Waals surface area (Å²) in [5.41, 5.74) is 0.858. The van der Waals surface area contributed by atoms with Gasteiger partial charge in [-0.05, 0) is 0 Å². The Bertz CT molecular complexity index is 106. The van der Waals surface area contributed by atoms with E-state index in [1.165, 1.54) is 0 Å². The van der Waals surface area contributed by atoms with E-state index in [1.54, 1.807) is 0 Å². The lowest BCUT2D eigenvalue weighted by Gasteiger charge is -2.15. The van der Waals surface area contributed by atoms with E-state index >= 15 is 0 Å². The standard InChI is InChI=1S/C6H14N4S/c1-2-8-5(7-1)11-6-9-3-4-10-6/h5-10H,1-4H2. The zero-order chi connectivity index (χ0) is 7.52. The first-order valence-corrected chi connectivity index (χ1v) is 4.98. The van der Waals surface area contributed by atoms with Gasteiger partial charge < -0.3 is 0 Å². The van der Waals surface area contributed by atoms with Gasteiger partial charge in [0.05, 0.1) is 0 Å². The van der Waals surface area contributed by atoms with Crippen molar-refractivity contribution in [2.45, 2.75) is 11.0 Å². The van der Waals surface area contributed by atoms with Crippen LogP contribution in [0, 0.1) is 0 Å². The second-order valence-corrected chi connectivity index (χ2v) is 3.93. The number of hydrogen-bond acceptors (Lipinski definition) is 5. The molecule has 5 heteroatoms. The molecule has 2 fully saturated rings. The summed E-state index contributed by atoms with van der Waals surface area (Å²) in [6.07, 6.45) is 0. The van der Waals surface area contributed by atoms with Gasteiger partial charge in [-0.1, -0.05) is 11.8 Å². The van der Waals surface area contributed by atoms with Crippen molar-refractivity contribution in [2.75, 3.05) is 26.2 Å². The van der Waals surface area contributed by atoms with Crippen molar-refractivity contribution in [1.82, 2.24) is 21.3 Å². The van der Waals surface area contributed by atoms with E-state index < -0.39 is 0 Å². The molecule has 0 unspecified atom stereocenters. The summed E-state index contributed by atoms with van der Waals surface area (Å²) < 4.78 is 0. The predicted octanol–water partition coefficient (Wildman–Crippen LogP) is -1.33. The molecule has 4 nitrogen and oxygen atoms in total. The van der Waals surface area contributed by atoms with Gasteiger partial charge in [0.15, 0.2) is 0 Å². The molecule has 0 amide bonds. The topological polar surface area (TPSA) is 48.1 Å². The Morgan fingerprint density at radius 1 is 0.727 bits per heavy atom. The highest BCUT2D eigenvalue weighted by molar-refractivity contribution is 8.00. The molecule has 0 aromatic heterocycles. The van der Waals surface area contributed by atoms with Gasteiger partial charge in [-0.25, -0.2) is 0 Å². The van der Waals surface area contributed by atoms with Crippen molar-refractivity contribution in [3.8, 4) is 0 Å². The van der Waals surface area contributed by atoms with Crippen molar-refractivity contribution < 1.29 is 0 Å². The maximum absolute atomic E-state index is 3.36. The minimum atomic E-state index is 0.429. The van der Waals surface area contributed by atoms with Gasteiger partial charge in [-0.2, -0.15) is 0 Å². The molecule has 0 spiro atoms. The Kier molecular flexibility index (Phi) is 2.65. The zero-order valence-electron chi connectivity index (χ0n) is 6.39. The van der Waals surface area contributed by atoms with Gasteiger partial charge in [0, 0.05) is 26.2 Å². The van der Waals surface area contributed by atoms with Crippen molar-refractivity contribution in [2.24, 2.45) is 0 Å². The maximum Gasteiger partial charge on any atom is 0.108 e. The molecule has 0 aliphatic carbocycles. The first kappa shape index (κ1) is 7.82. The van der Waals surface area contributed by atoms with Gasteiger partial charge in [0.1, 0.15) is 11.0 Å². The summed E-state index contributed by atoms with van der Waals surface area (Å²) in [4.78, 5) is 0. The van der Waals surface area contributed by atoms with E-state index in [2.05, 4.69) is 21.3 Å². The Hall–Kier alpha value is 0.190. The maximum atomic E-state index is 3.36. The summed E-state index contributed by atoms with van der Waals surface area (Å²) in [5, 5.41) is 13.4. The van der Waals surface area contributed by atoms with Crippen molar-refractivity contribution in [3.05, 3.63) is 0 Å². The molecule has 0 aromatic carbocycles. The third kappa shape index (κ3) is 2.07. The van der Waals surface area contributed by atoms with Crippen LogP contribution in [0.2, 0.25) is 0 Å². The summed E-state index contributed by atoms with van der Waals surface area (Å²) in [7, 11) is 0. The fourth-order valence-electron chi connectivity index (χ4n) is 1.29. The fraction of sp³-hybridized carbons (Fsp3) is 1.00. The third-order valence-electron chi connectivity index (χ3n) is 1.84. The average molecular weight is 174 g/mol. The molecule has 4 N–H and O–H groups in total. The van der Waals surface area contributed by atoms with Crippen LogP contribution in [0.4, 0.5) is 0 Å². The van der Waals surface area contributed by atoms with Crippen LogP contribution in [0.15, 0.2) is 0 Å². The number of thioether (sulfide) groups is 1. The first-order valence-electron chi connectivity index (χ1n) is 4.04. The van der Waals surface area contributed by atoms with Crippen LogP contribution in [0.3, 0.4) is 0 Å². The lowest BCUT2D eigenvalue weighted by molar-refractivity contribution is 0.699. The third-order valence-corrected chi connectivity index (χ3v) is 3.05. The summed E-state index contributed by atoms with van der Waals surface area (Å²) >= 11 is 1.87. The molecule has 0 bridgehead atoms. The molecule has 0 atom stereocenters. The molecule has 0 radical (unpaired) electrons. The number of hydrogen-bond donors (Lipinski definition) is 4. The molecular weight excluding hydrogens is 160 g/mol. The first-order chi connectivity index (χ1) is 5.45. The lowest BCUT2D eigenvalue weighted by atomic mass is 10.7. The highest BCUT2D eigenvalue weighted by atomic mass is 32.2. The molecule has 2 rings (SSSR count). The van der Waals surface area contributed by atoms with Gasteiger partial charge in [0.2, 0.25) is 0 Å². The van der Waals surface area contributed by atoms with E-state index in [0.717, 1.165) is 26.2 Å². The molecule has 11 heavy (non-hydrogen) atoms. The summed E-state index contributed by atoms with van der Waals surface area (Å²) in [6.45, 7) is 4.35. The van der Waals surface area contributed by atoms with Gasteiger partial charge >= 0.3 is 0 Å². The second kappa shape index (κ2) is 3.73. The van der Waals surface area contributed by atoms with E-state index in [-0.39, 0.29) is 0 Å². The van der Waals surface area contributed by atoms with E-state index in [1.807, 2.05) is 11.8 Å². The monoisotopic (exact) mass is 174 g/mol. The van der Waals surface area contributed by atoms with E-state index in [0.29, 0.717) is 11.0 Å². The van der Waals surface area contributed by atoms with Crippen LogP contribution in [0.5, 0.6) is 0 Å². The number of rotatable bonds is 2. The van der Waals surface area contributed by atoms with Crippen LogP contribution in [-0.2, 0) is 0 Å². The average Bonchev–Trinajstić information content (AvgIpc) is 2.60. The summed E-state index contributed by atoms with van der Waals surface area (Å²) in [5.74, 6) is 0. The zero-order valence-corrected chi connectivity index (χ0v) is 7.21. The summed E-state index contributed by atoms with van der Waals surface area (Å²) in [6, 6.07) is 0. The number of nitrogens with one attached hydrogen (secondary N) is 4. The normalized spacial score (nSPS) is 28.4. The van der Waals surface area contributed by atoms with Gasteiger partial charge in [0.25, 0.3) is 0 Å². The molecule has 2 heterocycles. The van der Waals surface area contributed by atoms with Crippen LogP contribution >= 0.6 is 11.8 Å². The highest BCUT2D eigenvalue weighted by Crippen LogP contribution is 2.12. The Balaban J connectivity index is 1.71. The predicted molar refractivity (Wildman–Crippen MR) is 47.2 cm³/mol. The van der Waals surface area contributed by atoms with E-state index in [4.69, 9.17) is 0 Å². The van der Waals surface area contributed by atoms with Crippen LogP contribution in [-0.4, -0.2) is 37.2 Å².